The van der Waals surface area contributed by atoms with Crippen LogP contribution < -0.4 is 5.73 Å². The summed E-state index contributed by atoms with van der Waals surface area (Å²) in [4.78, 5) is 18.8. The second kappa shape index (κ2) is 8.77. The van der Waals surface area contributed by atoms with Crippen LogP contribution in [-0.4, -0.2) is 33.5 Å². The van der Waals surface area contributed by atoms with Crippen molar-refractivity contribution in [3.05, 3.63) is 76.9 Å². The molecule has 1 aromatic heterocycles. The Hall–Kier alpha value is -3.03. The molecule has 30 heavy (non-hydrogen) atoms. The number of nitrogens with two attached hydrogens (primary N) is 1. The Kier molecular flexibility index (Phi) is 5.92. The minimum Gasteiger partial charge on any atom is -0.332 e. The number of hydrogen-bond acceptors (Lipinski definition) is 5. The van der Waals surface area contributed by atoms with Gasteiger partial charge in [-0.1, -0.05) is 53.2 Å². The Morgan fingerprint density at radius 2 is 2.10 bits per heavy atom. The van der Waals surface area contributed by atoms with Gasteiger partial charge in [0, 0.05) is 29.6 Å². The van der Waals surface area contributed by atoms with E-state index in [-0.39, 0.29) is 30.5 Å². The van der Waals surface area contributed by atoms with E-state index in [1.54, 1.807) is 41.3 Å². The van der Waals surface area contributed by atoms with E-state index in [9.17, 15) is 9.18 Å². The highest BCUT2D eigenvalue weighted by Gasteiger charge is 2.28. The topological polar surface area (TPSA) is 85.3 Å². The van der Waals surface area contributed by atoms with Crippen molar-refractivity contribution < 1.29 is 13.7 Å². The minimum absolute atomic E-state index is 0.0843. The summed E-state index contributed by atoms with van der Waals surface area (Å²) in [5.41, 5.74) is 7.91. The first-order valence-corrected chi connectivity index (χ1v) is 9.98. The fourth-order valence-electron chi connectivity index (χ4n) is 3.45. The third-order valence-corrected chi connectivity index (χ3v) is 5.12. The number of nitrogens with zero attached hydrogens (tertiary/aromatic N) is 3. The molecule has 1 aliphatic heterocycles. The summed E-state index contributed by atoms with van der Waals surface area (Å²) in [6.07, 6.45) is 2.93. The fraction of sp³-hybridized carbons (Fsp3) is 0.227. The molecule has 0 aliphatic carbocycles. The van der Waals surface area contributed by atoms with Crippen LogP contribution >= 0.6 is 11.6 Å². The molecule has 0 radical (unpaired) electrons. The molecule has 2 N–H and O–H groups in total. The van der Waals surface area contributed by atoms with Crippen LogP contribution in [0, 0.1) is 5.82 Å². The van der Waals surface area contributed by atoms with Gasteiger partial charge in [-0.2, -0.15) is 4.98 Å². The van der Waals surface area contributed by atoms with E-state index in [2.05, 4.69) is 10.1 Å². The summed E-state index contributed by atoms with van der Waals surface area (Å²) in [6.45, 7) is 0.509. The molecular formula is C22H20ClFN4O2. The molecule has 4 rings (SSSR count). The van der Waals surface area contributed by atoms with Crippen molar-refractivity contribution in [2.45, 2.75) is 25.3 Å². The summed E-state index contributed by atoms with van der Waals surface area (Å²) in [5, 5.41) is 4.57. The molecule has 1 amide bonds. The zero-order valence-electron chi connectivity index (χ0n) is 16.1. The third kappa shape index (κ3) is 4.42. The highest BCUT2D eigenvalue weighted by atomic mass is 35.5. The number of benzene rings is 2. The first kappa shape index (κ1) is 20.3. The lowest BCUT2D eigenvalue weighted by atomic mass is 10.0. The molecule has 6 nitrogen and oxygen atoms in total. The average Bonchev–Trinajstić information content (AvgIpc) is 3.39. The summed E-state index contributed by atoms with van der Waals surface area (Å²) < 4.78 is 19.2. The number of hydrogen-bond donors (Lipinski definition) is 1. The predicted octanol–water partition coefficient (Wildman–Crippen LogP) is 4.06. The largest absolute Gasteiger partial charge is 0.332 e. The van der Waals surface area contributed by atoms with Crippen molar-refractivity contribution in [1.29, 1.82) is 0 Å². The Labute approximate surface area is 178 Å². The Bertz CT molecular complexity index is 1100. The second-order valence-electron chi connectivity index (χ2n) is 7.12. The van der Waals surface area contributed by atoms with Crippen LogP contribution in [0.4, 0.5) is 4.39 Å². The molecular weight excluding hydrogens is 407 g/mol. The Balaban J connectivity index is 1.44. The standard InChI is InChI=1S/C22H20ClFN4O2/c23-16-7-3-6-15(11-16)21-26-22(30-27-21)19-9-4-10-28(19)20(29)13-17(25)12-14-5-1-2-8-18(14)24/h1-3,5-9,11,17H,4,10,12-13,25H2/t17-/m1/s1. The lowest BCUT2D eigenvalue weighted by Gasteiger charge is -2.20. The van der Waals surface area contributed by atoms with E-state index < -0.39 is 6.04 Å². The molecule has 0 saturated heterocycles. The highest BCUT2D eigenvalue weighted by molar-refractivity contribution is 6.30. The maximum Gasteiger partial charge on any atom is 0.274 e. The Morgan fingerprint density at radius 3 is 2.90 bits per heavy atom. The lowest BCUT2D eigenvalue weighted by molar-refractivity contribution is -0.128. The van der Waals surface area contributed by atoms with Gasteiger partial charge in [0.15, 0.2) is 0 Å². The van der Waals surface area contributed by atoms with E-state index in [0.29, 0.717) is 35.1 Å². The number of rotatable bonds is 6. The van der Waals surface area contributed by atoms with Gasteiger partial charge < -0.3 is 15.2 Å². The first-order valence-electron chi connectivity index (χ1n) is 9.61. The fourth-order valence-corrected chi connectivity index (χ4v) is 3.64. The second-order valence-corrected chi connectivity index (χ2v) is 7.55. The Morgan fingerprint density at radius 1 is 1.27 bits per heavy atom. The molecule has 0 fully saturated rings. The molecule has 0 unspecified atom stereocenters. The number of amides is 1. The van der Waals surface area contributed by atoms with Gasteiger partial charge in [0.25, 0.3) is 5.89 Å². The summed E-state index contributed by atoms with van der Waals surface area (Å²) >= 11 is 6.02. The van der Waals surface area contributed by atoms with Gasteiger partial charge >= 0.3 is 0 Å². The van der Waals surface area contributed by atoms with Crippen LogP contribution in [0.5, 0.6) is 0 Å². The van der Waals surface area contributed by atoms with Gasteiger partial charge in [-0.15, -0.1) is 0 Å². The molecule has 154 valence electrons. The van der Waals surface area contributed by atoms with E-state index in [0.717, 1.165) is 5.56 Å². The molecule has 1 aliphatic rings. The molecule has 3 aromatic rings. The van der Waals surface area contributed by atoms with Crippen molar-refractivity contribution in [2.24, 2.45) is 5.73 Å². The lowest BCUT2D eigenvalue weighted by Crippen LogP contribution is -2.34. The van der Waals surface area contributed by atoms with E-state index in [1.807, 2.05) is 12.1 Å². The van der Waals surface area contributed by atoms with Crippen molar-refractivity contribution in [3.63, 3.8) is 0 Å². The molecule has 2 aromatic carbocycles. The monoisotopic (exact) mass is 426 g/mol. The van der Waals surface area contributed by atoms with Crippen LogP contribution in [0.15, 0.2) is 59.1 Å². The maximum atomic E-state index is 13.8. The highest BCUT2D eigenvalue weighted by Crippen LogP contribution is 2.28. The third-order valence-electron chi connectivity index (χ3n) is 4.89. The minimum atomic E-state index is -0.499. The number of halogens is 2. The van der Waals surface area contributed by atoms with E-state index >= 15 is 0 Å². The van der Waals surface area contributed by atoms with E-state index in [4.69, 9.17) is 21.9 Å². The van der Waals surface area contributed by atoms with Gasteiger partial charge in [-0.25, -0.2) is 4.39 Å². The zero-order valence-corrected chi connectivity index (χ0v) is 16.8. The normalized spacial score (nSPS) is 14.6. The molecule has 2 heterocycles. The molecule has 0 bridgehead atoms. The van der Waals surface area contributed by atoms with Crippen molar-refractivity contribution in [3.8, 4) is 11.4 Å². The molecule has 0 saturated carbocycles. The predicted molar refractivity (Wildman–Crippen MR) is 112 cm³/mol. The van der Waals surface area contributed by atoms with Crippen LogP contribution in [0.3, 0.4) is 0 Å². The van der Waals surface area contributed by atoms with Gasteiger partial charge in [0.1, 0.15) is 11.5 Å². The van der Waals surface area contributed by atoms with Gasteiger partial charge in [-0.3, -0.25) is 4.79 Å². The van der Waals surface area contributed by atoms with Gasteiger partial charge in [0.05, 0.1) is 0 Å². The maximum absolute atomic E-state index is 13.8. The number of aromatic nitrogens is 2. The average molecular weight is 427 g/mol. The number of carbonyl (C=O) groups excluding carboxylic acids is 1. The van der Waals surface area contributed by atoms with Crippen molar-refractivity contribution in [2.75, 3.05) is 6.54 Å². The first-order chi connectivity index (χ1) is 14.5. The quantitative estimate of drug-likeness (QED) is 0.642. The van der Waals surface area contributed by atoms with Crippen LogP contribution in [0.2, 0.25) is 5.02 Å². The van der Waals surface area contributed by atoms with Gasteiger partial charge in [0.2, 0.25) is 11.7 Å². The zero-order chi connectivity index (χ0) is 21.1. The van der Waals surface area contributed by atoms with Gasteiger partial charge in [-0.05, 0) is 36.6 Å². The molecule has 8 heteroatoms. The SMILES string of the molecule is N[C@@H](CC(=O)N1CCC=C1c1nc(-c2cccc(Cl)c2)no1)Cc1ccccc1F. The van der Waals surface area contributed by atoms with Crippen LogP contribution in [0.25, 0.3) is 17.1 Å². The van der Waals surface area contributed by atoms with Crippen molar-refractivity contribution >= 4 is 23.2 Å². The summed E-state index contributed by atoms with van der Waals surface area (Å²) in [7, 11) is 0. The molecule has 1 atom stereocenters. The van der Waals surface area contributed by atoms with Crippen LogP contribution in [-0.2, 0) is 11.2 Å². The van der Waals surface area contributed by atoms with Crippen molar-refractivity contribution in [1.82, 2.24) is 15.0 Å². The summed E-state index contributed by atoms with van der Waals surface area (Å²) in [5.74, 6) is 0.175. The summed E-state index contributed by atoms with van der Waals surface area (Å²) in [6, 6.07) is 13.1. The van der Waals surface area contributed by atoms with Crippen LogP contribution in [0.1, 0.15) is 24.3 Å². The number of carbonyl (C=O) groups is 1. The van der Waals surface area contributed by atoms with E-state index in [1.165, 1.54) is 6.07 Å². The molecule has 0 spiro atoms. The smallest absolute Gasteiger partial charge is 0.274 e.